The molecule has 3 amide bonds. The summed E-state index contributed by atoms with van der Waals surface area (Å²) in [6.45, 7) is -3.19. The normalized spacial score (nSPS) is 15.4. The van der Waals surface area contributed by atoms with E-state index in [4.69, 9.17) is 21.1 Å². The van der Waals surface area contributed by atoms with Gasteiger partial charge < -0.3 is 14.8 Å². The summed E-state index contributed by atoms with van der Waals surface area (Å²) in [5.41, 5.74) is -2.94. The molecule has 0 spiro atoms. The van der Waals surface area contributed by atoms with E-state index in [-0.39, 0.29) is 51.9 Å². The van der Waals surface area contributed by atoms with Crippen molar-refractivity contribution in [2.24, 2.45) is 10.4 Å². The number of guanidine groups is 1. The van der Waals surface area contributed by atoms with Gasteiger partial charge in [0.1, 0.15) is 30.8 Å². The van der Waals surface area contributed by atoms with Gasteiger partial charge in [-0.15, -0.1) is 0 Å². The first-order valence-corrected chi connectivity index (χ1v) is 20.9. The summed E-state index contributed by atoms with van der Waals surface area (Å²) in [5, 5.41) is 16.8. The highest BCUT2D eigenvalue weighted by Gasteiger charge is 2.53. The van der Waals surface area contributed by atoms with Crippen LogP contribution in [0.2, 0.25) is 5.02 Å². The highest BCUT2D eigenvalue weighted by Crippen LogP contribution is 2.42. The van der Waals surface area contributed by atoms with Crippen molar-refractivity contribution in [2.75, 3.05) is 13.2 Å². The molecule has 0 radical (unpaired) electrons. The molecule has 15 nitrogen and oxygen atoms in total. The van der Waals surface area contributed by atoms with Gasteiger partial charge in [0, 0.05) is 23.2 Å². The van der Waals surface area contributed by atoms with Gasteiger partial charge in [0.25, 0.3) is 12.3 Å². The van der Waals surface area contributed by atoms with Crippen LogP contribution in [0.15, 0.2) is 90.3 Å². The van der Waals surface area contributed by atoms with E-state index >= 15 is 4.79 Å². The summed E-state index contributed by atoms with van der Waals surface area (Å²) in [6.07, 6.45) is -6.77. The summed E-state index contributed by atoms with van der Waals surface area (Å²) in [7, 11) is 0. The smallest absolute Gasteiger partial charge is 0.414 e. The van der Waals surface area contributed by atoms with Crippen LogP contribution in [0.5, 0.6) is 0 Å². The lowest BCUT2D eigenvalue weighted by atomic mass is 9.89. The van der Waals surface area contributed by atoms with Crippen LogP contribution in [-0.4, -0.2) is 90.0 Å². The number of ether oxygens (including phenoxy) is 2. The maximum absolute atomic E-state index is 15.2. The first-order valence-electron chi connectivity index (χ1n) is 20.5. The minimum Gasteiger partial charge on any atom is -0.447 e. The van der Waals surface area contributed by atoms with E-state index in [2.05, 4.69) is 35.9 Å². The number of halogens is 8. The zero-order valence-electron chi connectivity index (χ0n) is 35.2. The van der Waals surface area contributed by atoms with E-state index in [0.717, 1.165) is 37.9 Å². The number of rotatable bonds is 16. The van der Waals surface area contributed by atoms with Gasteiger partial charge in [-0.1, -0.05) is 74.0 Å². The molecule has 2 aromatic heterocycles. The molecule has 2 saturated carbocycles. The second kappa shape index (κ2) is 19.5. The highest BCUT2D eigenvalue weighted by atomic mass is 35.5. The zero-order valence-corrected chi connectivity index (χ0v) is 35.9. The predicted molar refractivity (Wildman–Crippen MR) is 223 cm³/mol. The summed E-state index contributed by atoms with van der Waals surface area (Å²) in [6, 6.07) is 16.5. The lowest BCUT2D eigenvalue weighted by Crippen LogP contribution is -2.51. The van der Waals surface area contributed by atoms with E-state index < -0.39 is 85.6 Å². The molecule has 350 valence electrons. The molecular formula is C43H42ClF7N10O5. The minimum atomic E-state index is -4.70. The second-order valence-electron chi connectivity index (χ2n) is 16.3. The van der Waals surface area contributed by atoms with Gasteiger partial charge >= 0.3 is 24.9 Å². The van der Waals surface area contributed by atoms with Crippen molar-refractivity contribution < 1.29 is 54.6 Å². The van der Waals surface area contributed by atoms with Gasteiger partial charge in [-0.05, 0) is 67.5 Å². The molecule has 0 unspecified atom stereocenters. The molecule has 7 rings (SSSR count). The standard InChI is InChI=1S/C43H42ClF7N10O5/c1-41(2,43(49,50)51)18-19-52-38(56-39(63)65-22-25-6-4-3-5-7-25)59(35(62)27-10-8-26(9-11-27)32-21-54-61(58-32)29-13-14-29)33(23-66-40(64)57-42(16-17-42)36(45)46)28-12-15-31(44)30(20-28)34-53-24-55-60(34)37(47)48/h3-12,15,20-21,24,29,33,36-37H,13-14,16-19,22-23H2,1-2H3,(H,57,64)(H,52,56,63)/t33-/m1/s1. The number of nitrogens with one attached hydrogen (secondary N) is 2. The number of carbonyl (C=O) groups is 3. The topological polar surface area (TPSA) is 171 Å². The number of aromatic nitrogens is 6. The van der Waals surface area contributed by atoms with Gasteiger partial charge in [0.2, 0.25) is 5.96 Å². The number of alkyl halides is 7. The third-order valence-electron chi connectivity index (χ3n) is 11.1. The van der Waals surface area contributed by atoms with Crippen LogP contribution in [0.4, 0.5) is 40.3 Å². The average Bonchev–Trinajstić information content (AvgIpc) is 4.18. The SMILES string of the molecule is CC(C)(CCN=C(NC(=O)OCc1ccccc1)N(C(=O)c1ccc(-c2cnn(C3CC3)n2)cc1)[C@H](COC(=O)NC1(C(F)F)CC1)c1ccc(Cl)c(-c2ncnn2C(F)F)c1)C(F)(F)F. The van der Waals surface area contributed by atoms with Gasteiger partial charge in [0.05, 0.1) is 28.7 Å². The Labute approximate surface area is 377 Å². The molecular weight excluding hydrogens is 905 g/mol. The van der Waals surface area contributed by atoms with Crippen LogP contribution in [0.3, 0.4) is 0 Å². The Kier molecular flexibility index (Phi) is 14.0. The van der Waals surface area contributed by atoms with E-state index in [0.29, 0.717) is 16.8 Å². The predicted octanol–water partition coefficient (Wildman–Crippen LogP) is 9.56. The van der Waals surface area contributed by atoms with Crippen molar-refractivity contribution in [1.82, 2.24) is 45.3 Å². The van der Waals surface area contributed by atoms with Gasteiger partial charge in [-0.25, -0.2) is 23.4 Å². The quantitative estimate of drug-likeness (QED) is 0.0556. The van der Waals surface area contributed by atoms with Crippen LogP contribution in [0.25, 0.3) is 22.6 Å². The molecule has 1 atom stereocenters. The van der Waals surface area contributed by atoms with Crippen molar-refractivity contribution in [3.63, 3.8) is 0 Å². The molecule has 66 heavy (non-hydrogen) atoms. The Morgan fingerprint density at radius 2 is 1.67 bits per heavy atom. The molecule has 2 N–H and O–H groups in total. The maximum Gasteiger partial charge on any atom is 0.414 e. The minimum absolute atomic E-state index is 0.0505. The Morgan fingerprint density at radius 3 is 2.30 bits per heavy atom. The fraction of sp³-hybridized carbons (Fsp3) is 0.395. The van der Waals surface area contributed by atoms with E-state index in [1.165, 1.54) is 30.3 Å². The number of hydrogen-bond donors (Lipinski definition) is 2. The lowest BCUT2D eigenvalue weighted by molar-refractivity contribution is -0.212. The number of alkyl carbamates (subject to hydrolysis) is 2. The number of aliphatic imine (C=N–C) groups is 1. The van der Waals surface area contributed by atoms with Crippen molar-refractivity contribution in [3.05, 3.63) is 107 Å². The number of carbonyl (C=O) groups excluding carboxylic acids is 3. The summed E-state index contributed by atoms with van der Waals surface area (Å²) >= 11 is 6.52. The maximum atomic E-state index is 15.2. The number of amides is 3. The Balaban J connectivity index is 1.34. The van der Waals surface area contributed by atoms with E-state index in [1.807, 2.05) is 0 Å². The third-order valence-corrected chi connectivity index (χ3v) is 11.4. The van der Waals surface area contributed by atoms with Crippen LogP contribution in [-0.2, 0) is 16.1 Å². The van der Waals surface area contributed by atoms with Gasteiger partial charge in [-0.2, -0.15) is 46.7 Å². The lowest BCUT2D eigenvalue weighted by Gasteiger charge is -2.33. The molecule has 0 aliphatic heterocycles. The number of nitrogens with zero attached hydrogens (tertiary/aromatic N) is 8. The van der Waals surface area contributed by atoms with Gasteiger partial charge in [-0.3, -0.25) is 20.0 Å². The first-order chi connectivity index (χ1) is 31.4. The molecule has 2 aliphatic rings. The summed E-state index contributed by atoms with van der Waals surface area (Å²) in [4.78, 5) is 52.7. The Morgan fingerprint density at radius 1 is 0.955 bits per heavy atom. The van der Waals surface area contributed by atoms with Crippen molar-refractivity contribution in [2.45, 2.75) is 89.3 Å². The average molecular weight is 947 g/mol. The van der Waals surface area contributed by atoms with Crippen molar-refractivity contribution in [3.8, 4) is 22.6 Å². The molecule has 2 heterocycles. The van der Waals surface area contributed by atoms with Crippen LogP contribution >= 0.6 is 11.6 Å². The van der Waals surface area contributed by atoms with E-state index in [1.54, 1.807) is 53.5 Å². The largest absolute Gasteiger partial charge is 0.447 e. The molecule has 23 heteroatoms. The number of benzene rings is 3. The van der Waals surface area contributed by atoms with Crippen LogP contribution < -0.4 is 10.6 Å². The van der Waals surface area contributed by atoms with Crippen LogP contribution in [0.1, 0.15) is 86.1 Å². The molecule has 2 fully saturated rings. The van der Waals surface area contributed by atoms with Gasteiger partial charge in [0.15, 0.2) is 5.82 Å². The zero-order chi connectivity index (χ0) is 47.4. The third kappa shape index (κ3) is 11.1. The van der Waals surface area contributed by atoms with Crippen molar-refractivity contribution >= 4 is 35.7 Å². The molecule has 5 aromatic rings. The van der Waals surface area contributed by atoms with Crippen LogP contribution in [0, 0.1) is 5.41 Å². The molecule has 0 saturated heterocycles. The molecule has 2 aliphatic carbocycles. The highest BCUT2D eigenvalue weighted by molar-refractivity contribution is 6.33. The number of hydrogen-bond acceptors (Lipinski definition) is 10. The molecule has 3 aromatic carbocycles. The summed E-state index contributed by atoms with van der Waals surface area (Å²) in [5.74, 6) is -2.12. The Hall–Kier alpha value is -6.58. The van der Waals surface area contributed by atoms with E-state index in [9.17, 15) is 40.3 Å². The monoisotopic (exact) mass is 946 g/mol. The van der Waals surface area contributed by atoms with Crippen molar-refractivity contribution in [1.29, 1.82) is 0 Å². The molecule has 0 bridgehead atoms. The summed E-state index contributed by atoms with van der Waals surface area (Å²) < 4.78 is 110. The fourth-order valence-electron chi connectivity index (χ4n) is 6.56. The fourth-order valence-corrected chi connectivity index (χ4v) is 6.76. The second-order valence-corrected chi connectivity index (χ2v) is 16.7. The Bertz CT molecular complexity index is 2550. The first kappa shape index (κ1) is 47.4.